The second-order valence-electron chi connectivity index (χ2n) is 10.8. The number of phenolic OH excluding ortho intramolecular Hbond substituents is 1. The summed E-state index contributed by atoms with van der Waals surface area (Å²) >= 11 is 6.57. The van der Waals surface area contributed by atoms with Crippen LogP contribution in [0.15, 0.2) is 24.8 Å². The van der Waals surface area contributed by atoms with Crippen molar-refractivity contribution in [2.75, 3.05) is 63.2 Å². The van der Waals surface area contributed by atoms with Crippen LogP contribution in [0.3, 0.4) is 0 Å². The lowest BCUT2D eigenvalue weighted by Gasteiger charge is -2.39. The highest BCUT2D eigenvalue weighted by atomic mass is 35.5. The van der Waals surface area contributed by atoms with Gasteiger partial charge in [0.1, 0.15) is 23.9 Å². The van der Waals surface area contributed by atoms with E-state index in [1.54, 1.807) is 18.2 Å². The third-order valence-corrected chi connectivity index (χ3v) is 7.47. The third-order valence-electron chi connectivity index (χ3n) is 7.16. The Labute approximate surface area is 231 Å². The molecular formula is C28H41ClN6O3. The van der Waals surface area contributed by atoms with E-state index in [1.165, 1.54) is 0 Å². The van der Waals surface area contributed by atoms with Gasteiger partial charge in [-0.2, -0.15) is 9.97 Å². The number of benzene rings is 1. The molecular weight excluding hydrogens is 504 g/mol. The van der Waals surface area contributed by atoms with Crippen molar-refractivity contribution in [2.45, 2.75) is 52.0 Å². The summed E-state index contributed by atoms with van der Waals surface area (Å²) in [5.74, 6) is 1.27. The van der Waals surface area contributed by atoms with E-state index in [1.807, 2.05) is 25.9 Å². The largest absolute Gasteiger partial charge is 0.508 e. The highest BCUT2D eigenvalue weighted by molar-refractivity contribution is 6.32. The Bertz CT molecular complexity index is 1140. The smallest absolute Gasteiger partial charge is 0.318 e. The maximum atomic E-state index is 10.3. The van der Waals surface area contributed by atoms with Gasteiger partial charge in [0.2, 0.25) is 0 Å². The van der Waals surface area contributed by atoms with Gasteiger partial charge in [-0.05, 0) is 51.1 Å². The molecule has 2 aromatic rings. The molecule has 1 unspecified atom stereocenters. The van der Waals surface area contributed by atoms with Crippen LogP contribution in [-0.4, -0.2) is 95.7 Å². The maximum Gasteiger partial charge on any atom is 0.318 e. The first-order chi connectivity index (χ1) is 18.1. The summed E-state index contributed by atoms with van der Waals surface area (Å²) < 4.78 is 6.21. The molecule has 0 aliphatic carbocycles. The fraction of sp³-hybridized carbons (Fsp3) is 0.571. The summed E-state index contributed by atoms with van der Waals surface area (Å²) in [6.45, 7) is 14.9. The van der Waals surface area contributed by atoms with E-state index in [0.29, 0.717) is 30.7 Å². The van der Waals surface area contributed by atoms with E-state index in [-0.39, 0.29) is 17.8 Å². The Morgan fingerprint density at radius 1 is 1.11 bits per heavy atom. The van der Waals surface area contributed by atoms with Crippen LogP contribution < -0.4 is 14.5 Å². The topological polar surface area (TPSA) is 88.4 Å². The molecule has 208 valence electrons. The van der Waals surface area contributed by atoms with Crippen molar-refractivity contribution in [3.05, 3.63) is 46.6 Å². The summed E-state index contributed by atoms with van der Waals surface area (Å²) in [6, 6.07) is 3.79. The SMILES string of the molecule is C=CC(O)N1CCN(c2nc(O[C@H](C)CN(C)C)nc3c2CCN(c2cc(O)cc(Cl)c2C(C)C)C3)CC1. The number of aromatic hydroxyl groups is 1. The zero-order valence-corrected chi connectivity index (χ0v) is 23.9. The lowest BCUT2D eigenvalue weighted by molar-refractivity contribution is 0.0379. The monoisotopic (exact) mass is 544 g/mol. The number of aliphatic hydroxyl groups is 1. The minimum absolute atomic E-state index is 0.0763. The van der Waals surface area contributed by atoms with Crippen LogP contribution in [0.2, 0.25) is 5.02 Å². The average molecular weight is 545 g/mol. The number of rotatable bonds is 9. The predicted molar refractivity (Wildman–Crippen MR) is 153 cm³/mol. The number of aliphatic hydroxyl groups excluding tert-OH is 1. The van der Waals surface area contributed by atoms with Gasteiger partial charge in [0.25, 0.3) is 0 Å². The molecule has 4 rings (SSSR count). The summed E-state index contributed by atoms with van der Waals surface area (Å²) in [4.78, 5) is 18.4. The highest BCUT2D eigenvalue weighted by Crippen LogP contribution is 2.40. The lowest BCUT2D eigenvalue weighted by Crippen LogP contribution is -2.50. The van der Waals surface area contributed by atoms with Gasteiger partial charge in [-0.25, -0.2) is 0 Å². The number of hydrogen-bond acceptors (Lipinski definition) is 9. The molecule has 10 heteroatoms. The number of aromatic nitrogens is 2. The molecule has 0 saturated carbocycles. The Morgan fingerprint density at radius 2 is 1.82 bits per heavy atom. The number of halogens is 1. The molecule has 2 aliphatic heterocycles. The van der Waals surface area contributed by atoms with E-state index in [9.17, 15) is 10.2 Å². The Hall–Kier alpha value is -2.59. The molecule has 1 saturated heterocycles. The Kier molecular flexibility index (Phi) is 9.03. The number of hydrogen-bond donors (Lipinski definition) is 2. The van der Waals surface area contributed by atoms with Crippen LogP contribution in [0, 0.1) is 0 Å². The zero-order chi connectivity index (χ0) is 27.6. The zero-order valence-electron chi connectivity index (χ0n) is 23.2. The molecule has 38 heavy (non-hydrogen) atoms. The maximum absolute atomic E-state index is 10.3. The molecule has 0 amide bonds. The lowest BCUT2D eigenvalue weighted by atomic mass is 9.97. The van der Waals surface area contributed by atoms with Crippen LogP contribution in [-0.2, 0) is 13.0 Å². The second-order valence-corrected chi connectivity index (χ2v) is 11.2. The second kappa shape index (κ2) is 12.1. The number of nitrogens with zero attached hydrogens (tertiary/aromatic N) is 6. The van der Waals surface area contributed by atoms with Crippen molar-refractivity contribution >= 4 is 23.1 Å². The molecule has 0 spiro atoms. The van der Waals surface area contributed by atoms with Crippen LogP contribution >= 0.6 is 11.6 Å². The molecule has 1 fully saturated rings. The highest BCUT2D eigenvalue weighted by Gasteiger charge is 2.30. The van der Waals surface area contributed by atoms with Gasteiger partial charge in [-0.1, -0.05) is 32.0 Å². The van der Waals surface area contributed by atoms with Gasteiger partial charge >= 0.3 is 6.01 Å². The molecule has 0 bridgehead atoms. The number of phenols is 1. The fourth-order valence-electron chi connectivity index (χ4n) is 5.41. The van der Waals surface area contributed by atoms with Crippen molar-refractivity contribution < 1.29 is 14.9 Å². The van der Waals surface area contributed by atoms with E-state index < -0.39 is 6.23 Å². The fourth-order valence-corrected chi connectivity index (χ4v) is 5.84. The van der Waals surface area contributed by atoms with Gasteiger partial charge in [-0.3, -0.25) is 4.90 Å². The standard InChI is InChI=1S/C28H41ClN6O3/c1-7-25(37)33-10-12-34(13-11-33)27-21-8-9-35(24-15-20(36)14-22(29)26(24)18(2)3)17-23(21)30-28(31-27)38-19(4)16-32(5)6/h7,14-15,18-19,25,36-37H,1,8-13,16-17H2,2-6H3/t19-,25?/m1/s1. The Morgan fingerprint density at radius 3 is 2.45 bits per heavy atom. The summed E-state index contributed by atoms with van der Waals surface area (Å²) in [7, 11) is 4.03. The van der Waals surface area contributed by atoms with E-state index >= 15 is 0 Å². The van der Waals surface area contributed by atoms with Gasteiger partial charge in [0, 0.05) is 61.6 Å². The minimum Gasteiger partial charge on any atom is -0.508 e. The van der Waals surface area contributed by atoms with Crippen LogP contribution in [0.5, 0.6) is 11.8 Å². The summed E-state index contributed by atoms with van der Waals surface area (Å²) in [5.41, 5.74) is 4.02. The molecule has 2 N–H and O–H groups in total. The summed E-state index contributed by atoms with van der Waals surface area (Å²) in [6.07, 6.45) is 1.61. The van der Waals surface area contributed by atoms with Crippen molar-refractivity contribution in [3.63, 3.8) is 0 Å². The molecule has 3 heterocycles. The van der Waals surface area contributed by atoms with Gasteiger partial charge in [0.05, 0.1) is 12.2 Å². The Balaban J connectivity index is 1.68. The molecule has 1 aromatic carbocycles. The van der Waals surface area contributed by atoms with Crippen LogP contribution in [0.1, 0.15) is 43.5 Å². The normalized spacial score (nSPS) is 18.0. The van der Waals surface area contributed by atoms with E-state index in [0.717, 1.165) is 60.9 Å². The first-order valence-electron chi connectivity index (χ1n) is 13.4. The molecule has 0 radical (unpaired) electrons. The summed E-state index contributed by atoms with van der Waals surface area (Å²) in [5, 5.41) is 21.1. The number of ether oxygens (including phenoxy) is 1. The first-order valence-corrected chi connectivity index (χ1v) is 13.7. The quantitative estimate of drug-likeness (QED) is 0.461. The molecule has 2 atom stereocenters. The molecule has 1 aromatic heterocycles. The van der Waals surface area contributed by atoms with Gasteiger partial charge in [-0.15, -0.1) is 0 Å². The van der Waals surface area contributed by atoms with Crippen molar-refractivity contribution in [2.24, 2.45) is 0 Å². The molecule has 2 aliphatic rings. The van der Waals surface area contributed by atoms with Gasteiger partial charge < -0.3 is 29.6 Å². The number of likely N-dealkylation sites (N-methyl/N-ethyl adjacent to an activating group) is 1. The van der Waals surface area contributed by atoms with Crippen LogP contribution in [0.25, 0.3) is 0 Å². The van der Waals surface area contributed by atoms with Crippen molar-refractivity contribution in [1.29, 1.82) is 0 Å². The van der Waals surface area contributed by atoms with Crippen LogP contribution in [0.4, 0.5) is 11.5 Å². The van der Waals surface area contributed by atoms with Crippen molar-refractivity contribution in [1.82, 2.24) is 19.8 Å². The van der Waals surface area contributed by atoms with E-state index in [2.05, 4.69) is 35.1 Å². The number of fused-ring (bicyclic) bond motifs is 1. The van der Waals surface area contributed by atoms with Crippen molar-refractivity contribution in [3.8, 4) is 11.8 Å². The van der Waals surface area contributed by atoms with E-state index in [4.69, 9.17) is 26.3 Å². The predicted octanol–water partition coefficient (Wildman–Crippen LogP) is 3.48. The minimum atomic E-state index is -0.639. The first kappa shape index (κ1) is 28.4. The third kappa shape index (κ3) is 6.34. The number of piperazine rings is 1. The molecule has 9 nitrogen and oxygen atoms in total. The number of anilines is 2. The average Bonchev–Trinajstić information content (AvgIpc) is 2.86. The van der Waals surface area contributed by atoms with Gasteiger partial charge in [0.15, 0.2) is 0 Å².